The molecule has 0 unspecified atom stereocenters. The highest BCUT2D eigenvalue weighted by atomic mass is 32.2. The van der Waals surface area contributed by atoms with E-state index in [9.17, 15) is 13.2 Å². The molecular formula is C9H12N2O5S. The minimum Gasteiger partial charge on any atom is -0.495 e. The van der Waals surface area contributed by atoms with Gasteiger partial charge in [-0.3, -0.25) is 4.79 Å². The van der Waals surface area contributed by atoms with Crippen LogP contribution < -0.4 is 15.6 Å². The van der Waals surface area contributed by atoms with Crippen LogP contribution in [0.25, 0.3) is 0 Å². The summed E-state index contributed by atoms with van der Waals surface area (Å²) >= 11 is 0. The number of nitrogen functional groups attached to an aromatic ring is 1. The molecule has 94 valence electrons. The van der Waals surface area contributed by atoms with E-state index in [0.717, 1.165) is 0 Å². The first kappa shape index (κ1) is 13.3. The van der Waals surface area contributed by atoms with Crippen LogP contribution in [0.1, 0.15) is 5.56 Å². The first-order chi connectivity index (χ1) is 7.77. The molecule has 5 N–H and O–H groups in total. The third kappa shape index (κ3) is 2.86. The number of aliphatic carboxylic acids is 1. The summed E-state index contributed by atoms with van der Waals surface area (Å²) in [7, 11) is -2.69. The van der Waals surface area contributed by atoms with Crippen LogP contribution in [0.4, 0.5) is 5.69 Å². The first-order valence-corrected chi connectivity index (χ1v) is 6.02. The fraction of sp³-hybridized carbons (Fsp3) is 0.222. The molecule has 1 rings (SSSR count). The van der Waals surface area contributed by atoms with Crippen molar-refractivity contribution in [3.63, 3.8) is 0 Å². The van der Waals surface area contributed by atoms with Gasteiger partial charge in [-0.15, -0.1) is 0 Å². The normalized spacial score (nSPS) is 11.2. The highest BCUT2D eigenvalue weighted by Crippen LogP contribution is 2.30. The molecule has 0 aliphatic carbocycles. The number of sulfonamides is 1. The number of benzene rings is 1. The lowest BCUT2D eigenvalue weighted by Gasteiger charge is -2.12. The van der Waals surface area contributed by atoms with Gasteiger partial charge in [0.2, 0.25) is 10.0 Å². The maximum absolute atomic E-state index is 11.3. The number of primary sulfonamides is 1. The summed E-state index contributed by atoms with van der Waals surface area (Å²) in [6.45, 7) is 0. The predicted octanol–water partition coefficient (Wildman–Crippen LogP) is -0.448. The van der Waals surface area contributed by atoms with Crippen molar-refractivity contribution in [1.82, 2.24) is 0 Å². The molecule has 0 aromatic heterocycles. The summed E-state index contributed by atoms with van der Waals surface area (Å²) in [5.41, 5.74) is 5.52. The summed E-state index contributed by atoms with van der Waals surface area (Å²) < 4.78 is 27.4. The van der Waals surface area contributed by atoms with Gasteiger partial charge in [0, 0.05) is 5.56 Å². The molecule has 17 heavy (non-hydrogen) atoms. The number of nitrogens with two attached hydrogens (primary N) is 2. The molecule has 0 atom stereocenters. The van der Waals surface area contributed by atoms with Crippen molar-refractivity contribution in [3.8, 4) is 5.75 Å². The Hall–Kier alpha value is -1.80. The van der Waals surface area contributed by atoms with Crippen molar-refractivity contribution in [3.05, 3.63) is 17.7 Å². The number of carboxylic acid groups (broad SMARTS) is 1. The molecule has 1 aromatic carbocycles. The minimum atomic E-state index is -4.03. The SMILES string of the molecule is COc1ccc(S(N)(=O)=O)c(CC(=O)O)c1N. The van der Waals surface area contributed by atoms with Crippen molar-refractivity contribution in [1.29, 1.82) is 0 Å². The molecule has 0 spiro atoms. The Morgan fingerprint density at radius 3 is 2.47 bits per heavy atom. The van der Waals surface area contributed by atoms with Gasteiger partial charge in [0.15, 0.2) is 0 Å². The molecule has 0 heterocycles. The van der Waals surface area contributed by atoms with Gasteiger partial charge in [-0.2, -0.15) is 0 Å². The molecule has 0 radical (unpaired) electrons. The second kappa shape index (κ2) is 4.60. The summed E-state index contributed by atoms with van der Waals surface area (Å²) in [5.74, 6) is -1.01. The Morgan fingerprint density at radius 1 is 1.47 bits per heavy atom. The maximum Gasteiger partial charge on any atom is 0.307 e. The predicted molar refractivity (Wildman–Crippen MR) is 60.1 cm³/mol. The lowest BCUT2D eigenvalue weighted by molar-refractivity contribution is -0.136. The van der Waals surface area contributed by atoms with E-state index in [2.05, 4.69) is 0 Å². The van der Waals surface area contributed by atoms with Crippen LogP contribution in [0.3, 0.4) is 0 Å². The number of methoxy groups -OCH3 is 1. The van der Waals surface area contributed by atoms with Crippen LogP contribution in [-0.4, -0.2) is 26.6 Å². The molecule has 8 heteroatoms. The van der Waals surface area contributed by atoms with E-state index in [-0.39, 0.29) is 21.9 Å². The Kier molecular flexibility index (Phi) is 3.59. The minimum absolute atomic E-state index is 0.0403. The molecular weight excluding hydrogens is 248 g/mol. The fourth-order valence-corrected chi connectivity index (χ4v) is 2.18. The summed E-state index contributed by atoms with van der Waals surface area (Å²) in [4.78, 5) is 10.4. The van der Waals surface area contributed by atoms with Gasteiger partial charge in [0.25, 0.3) is 0 Å². The van der Waals surface area contributed by atoms with E-state index in [1.165, 1.54) is 19.2 Å². The van der Waals surface area contributed by atoms with Gasteiger partial charge in [-0.1, -0.05) is 0 Å². The highest BCUT2D eigenvalue weighted by Gasteiger charge is 2.20. The maximum atomic E-state index is 11.3. The van der Waals surface area contributed by atoms with E-state index < -0.39 is 22.4 Å². The van der Waals surface area contributed by atoms with Crippen LogP contribution >= 0.6 is 0 Å². The zero-order valence-corrected chi connectivity index (χ0v) is 9.82. The lowest BCUT2D eigenvalue weighted by atomic mass is 10.1. The molecule has 0 aliphatic heterocycles. The Labute approximate surface area is 98.0 Å². The van der Waals surface area contributed by atoms with Crippen molar-refractivity contribution in [2.45, 2.75) is 11.3 Å². The third-order valence-electron chi connectivity index (χ3n) is 2.13. The molecule has 0 saturated carbocycles. The molecule has 7 nitrogen and oxygen atoms in total. The molecule has 0 aliphatic rings. The van der Waals surface area contributed by atoms with Gasteiger partial charge in [-0.05, 0) is 12.1 Å². The van der Waals surface area contributed by atoms with Crippen molar-refractivity contribution in [2.75, 3.05) is 12.8 Å². The van der Waals surface area contributed by atoms with Gasteiger partial charge >= 0.3 is 5.97 Å². The summed E-state index contributed by atoms with van der Waals surface area (Å²) in [6.07, 6.45) is -0.547. The average molecular weight is 260 g/mol. The number of rotatable bonds is 4. The average Bonchev–Trinajstić information content (AvgIpc) is 2.18. The quantitative estimate of drug-likeness (QED) is 0.628. The van der Waals surface area contributed by atoms with Crippen LogP contribution in [0.2, 0.25) is 0 Å². The van der Waals surface area contributed by atoms with Crippen LogP contribution in [0.5, 0.6) is 5.75 Å². The summed E-state index contributed by atoms with van der Waals surface area (Å²) in [6, 6.07) is 2.49. The van der Waals surface area contributed by atoms with Crippen molar-refractivity contribution >= 4 is 21.7 Å². The first-order valence-electron chi connectivity index (χ1n) is 4.47. The Morgan fingerprint density at radius 2 is 2.06 bits per heavy atom. The zero-order valence-electron chi connectivity index (χ0n) is 9.00. The van der Waals surface area contributed by atoms with Crippen molar-refractivity contribution < 1.29 is 23.1 Å². The van der Waals surface area contributed by atoms with E-state index in [0.29, 0.717) is 0 Å². The summed E-state index contributed by atoms with van der Waals surface area (Å²) in [5, 5.41) is 13.7. The standard InChI is InChI=1S/C9H12N2O5S/c1-16-6-2-3-7(17(11,14)15)5(9(6)10)4-8(12)13/h2-3H,4,10H2,1H3,(H,12,13)(H2,11,14,15). The Bertz CT molecular complexity index is 553. The van der Waals surface area contributed by atoms with Crippen molar-refractivity contribution in [2.24, 2.45) is 5.14 Å². The molecule has 0 saturated heterocycles. The number of anilines is 1. The Balaban J connectivity index is 3.52. The fourth-order valence-electron chi connectivity index (χ4n) is 1.40. The van der Waals surface area contributed by atoms with Crippen LogP contribution in [0, 0.1) is 0 Å². The third-order valence-corrected chi connectivity index (χ3v) is 3.12. The zero-order chi connectivity index (χ0) is 13.2. The van der Waals surface area contributed by atoms with Crippen LogP contribution in [-0.2, 0) is 21.2 Å². The number of hydrogen-bond donors (Lipinski definition) is 3. The monoisotopic (exact) mass is 260 g/mol. The highest BCUT2D eigenvalue weighted by molar-refractivity contribution is 7.89. The smallest absolute Gasteiger partial charge is 0.307 e. The largest absolute Gasteiger partial charge is 0.495 e. The van der Waals surface area contributed by atoms with E-state index in [1.807, 2.05) is 0 Å². The van der Waals surface area contributed by atoms with E-state index in [4.69, 9.17) is 20.7 Å². The topological polar surface area (TPSA) is 133 Å². The second-order valence-corrected chi connectivity index (χ2v) is 4.80. The van der Waals surface area contributed by atoms with E-state index in [1.54, 1.807) is 0 Å². The number of hydrogen-bond acceptors (Lipinski definition) is 5. The van der Waals surface area contributed by atoms with E-state index >= 15 is 0 Å². The molecule has 0 bridgehead atoms. The van der Waals surface area contributed by atoms with Gasteiger partial charge in [0.1, 0.15) is 5.75 Å². The number of carboxylic acids is 1. The molecule has 0 fully saturated rings. The van der Waals surface area contributed by atoms with Gasteiger partial charge in [0.05, 0.1) is 24.1 Å². The van der Waals surface area contributed by atoms with Crippen LogP contribution in [0.15, 0.2) is 17.0 Å². The molecule has 0 amide bonds. The second-order valence-electron chi connectivity index (χ2n) is 3.27. The number of carbonyl (C=O) groups is 1. The van der Waals surface area contributed by atoms with Gasteiger partial charge < -0.3 is 15.6 Å². The molecule has 1 aromatic rings. The van der Waals surface area contributed by atoms with Gasteiger partial charge in [-0.25, -0.2) is 13.6 Å². The number of ether oxygens (including phenoxy) is 1. The lowest BCUT2D eigenvalue weighted by Crippen LogP contribution is -2.17.